The summed E-state index contributed by atoms with van der Waals surface area (Å²) in [4.78, 5) is 29.8. The van der Waals surface area contributed by atoms with E-state index in [2.05, 4.69) is 15.2 Å². The lowest BCUT2D eigenvalue weighted by molar-refractivity contribution is -0.132. The van der Waals surface area contributed by atoms with Crippen LogP contribution in [0, 0.1) is 0 Å². The van der Waals surface area contributed by atoms with Gasteiger partial charge in [0.25, 0.3) is 5.91 Å². The van der Waals surface area contributed by atoms with Crippen molar-refractivity contribution in [2.45, 2.75) is 31.6 Å². The molecule has 1 aliphatic heterocycles. The topological polar surface area (TPSA) is 105 Å². The number of pyridine rings is 1. The Balaban J connectivity index is 1.58. The highest BCUT2D eigenvalue weighted by atomic mass is 16.2. The molecule has 24 heavy (non-hydrogen) atoms. The molecule has 2 aromatic rings. The average Bonchev–Trinajstić information content (AvgIpc) is 3.11. The van der Waals surface area contributed by atoms with Gasteiger partial charge in [-0.25, -0.2) is 0 Å². The fraction of sp³-hybridized carbons (Fsp3) is 0.412. The fourth-order valence-corrected chi connectivity index (χ4v) is 3.07. The molecular formula is C17H21N5O2. The molecule has 0 spiro atoms. The van der Waals surface area contributed by atoms with Gasteiger partial charge in [0.05, 0.1) is 0 Å². The molecule has 0 radical (unpaired) electrons. The molecule has 0 aliphatic carbocycles. The van der Waals surface area contributed by atoms with Crippen LogP contribution in [0.5, 0.6) is 0 Å². The Kier molecular flexibility index (Phi) is 4.88. The lowest BCUT2D eigenvalue weighted by Gasteiger charge is -2.32. The second-order valence-corrected chi connectivity index (χ2v) is 6.07. The highest BCUT2D eigenvalue weighted by molar-refractivity contribution is 5.90. The summed E-state index contributed by atoms with van der Waals surface area (Å²) in [6.45, 7) is 1.41. The summed E-state index contributed by atoms with van der Waals surface area (Å²) >= 11 is 0. The van der Waals surface area contributed by atoms with E-state index in [0.717, 1.165) is 30.8 Å². The number of nitrogens with one attached hydrogen (secondary N) is 1. The second-order valence-electron chi connectivity index (χ2n) is 6.07. The molecule has 3 N–H and O–H groups in total. The van der Waals surface area contributed by atoms with Gasteiger partial charge in [0.1, 0.15) is 5.69 Å². The number of likely N-dealkylation sites (tertiary alicyclic amines) is 1. The van der Waals surface area contributed by atoms with E-state index in [-0.39, 0.29) is 17.5 Å². The maximum Gasteiger partial charge on any atom is 0.269 e. The van der Waals surface area contributed by atoms with Crippen LogP contribution < -0.4 is 5.73 Å². The van der Waals surface area contributed by atoms with Gasteiger partial charge in [0.2, 0.25) is 5.91 Å². The van der Waals surface area contributed by atoms with Crippen LogP contribution >= 0.6 is 0 Å². The van der Waals surface area contributed by atoms with E-state index in [1.807, 2.05) is 23.1 Å². The minimum atomic E-state index is -0.545. The Morgan fingerprint density at radius 1 is 1.38 bits per heavy atom. The predicted octanol–water partition coefficient (Wildman–Crippen LogP) is 1.24. The molecule has 1 aliphatic rings. The number of primary amides is 1. The molecular weight excluding hydrogens is 306 g/mol. The predicted molar refractivity (Wildman–Crippen MR) is 88.2 cm³/mol. The van der Waals surface area contributed by atoms with Crippen molar-refractivity contribution in [1.82, 2.24) is 20.1 Å². The molecule has 3 rings (SSSR count). The normalized spacial score (nSPS) is 17.7. The van der Waals surface area contributed by atoms with Gasteiger partial charge in [-0.15, -0.1) is 0 Å². The number of aryl methyl sites for hydroxylation is 1. The zero-order valence-corrected chi connectivity index (χ0v) is 13.4. The average molecular weight is 327 g/mol. The van der Waals surface area contributed by atoms with Gasteiger partial charge in [-0.3, -0.25) is 19.7 Å². The first-order valence-corrected chi connectivity index (χ1v) is 8.16. The van der Waals surface area contributed by atoms with Crippen molar-refractivity contribution >= 4 is 11.8 Å². The number of carbonyl (C=O) groups excluding carboxylic acids is 2. The maximum atomic E-state index is 12.5. The highest BCUT2D eigenvalue weighted by Crippen LogP contribution is 2.26. The van der Waals surface area contributed by atoms with Crippen molar-refractivity contribution in [3.05, 3.63) is 47.5 Å². The summed E-state index contributed by atoms with van der Waals surface area (Å²) in [6.07, 6.45) is 4.75. The minimum absolute atomic E-state index is 0.139. The molecule has 0 aromatic carbocycles. The molecule has 0 saturated carbocycles. The maximum absolute atomic E-state index is 12.5. The molecule has 1 atom stereocenters. The van der Waals surface area contributed by atoms with E-state index in [1.165, 1.54) is 0 Å². The van der Waals surface area contributed by atoms with Gasteiger partial charge in [0.15, 0.2) is 0 Å². The van der Waals surface area contributed by atoms with Crippen molar-refractivity contribution < 1.29 is 9.59 Å². The molecule has 3 heterocycles. The number of carbonyl (C=O) groups is 2. The van der Waals surface area contributed by atoms with Gasteiger partial charge < -0.3 is 10.6 Å². The van der Waals surface area contributed by atoms with Crippen LogP contribution in [-0.2, 0) is 11.2 Å². The summed E-state index contributed by atoms with van der Waals surface area (Å²) in [5.74, 6) is -0.241. The first kappa shape index (κ1) is 16.2. The van der Waals surface area contributed by atoms with Crippen molar-refractivity contribution in [1.29, 1.82) is 0 Å². The molecule has 1 unspecified atom stereocenters. The molecule has 2 amide bonds. The van der Waals surface area contributed by atoms with Crippen LogP contribution in [0.1, 0.15) is 47.1 Å². The van der Waals surface area contributed by atoms with Gasteiger partial charge >= 0.3 is 0 Å². The summed E-state index contributed by atoms with van der Waals surface area (Å²) in [5.41, 5.74) is 7.27. The van der Waals surface area contributed by atoms with Crippen LogP contribution in [0.3, 0.4) is 0 Å². The van der Waals surface area contributed by atoms with Crippen LogP contribution in [0.15, 0.2) is 30.5 Å². The highest BCUT2D eigenvalue weighted by Gasteiger charge is 2.26. The minimum Gasteiger partial charge on any atom is -0.364 e. The third kappa shape index (κ3) is 3.79. The molecule has 126 valence electrons. The number of nitrogens with zero attached hydrogens (tertiary/aromatic N) is 3. The van der Waals surface area contributed by atoms with Gasteiger partial charge in [-0.05, 0) is 37.5 Å². The van der Waals surface area contributed by atoms with Crippen LogP contribution in [0.25, 0.3) is 0 Å². The van der Waals surface area contributed by atoms with Gasteiger partial charge in [-0.2, -0.15) is 5.10 Å². The van der Waals surface area contributed by atoms with Crippen molar-refractivity contribution in [2.24, 2.45) is 5.73 Å². The van der Waals surface area contributed by atoms with E-state index in [0.29, 0.717) is 19.4 Å². The largest absolute Gasteiger partial charge is 0.364 e. The van der Waals surface area contributed by atoms with Gasteiger partial charge in [0, 0.05) is 43.0 Å². The Hall–Kier alpha value is -2.70. The number of hydrogen-bond donors (Lipinski definition) is 2. The molecule has 2 aromatic heterocycles. The van der Waals surface area contributed by atoms with E-state index in [4.69, 9.17) is 5.73 Å². The molecule has 1 fully saturated rings. The van der Waals surface area contributed by atoms with Crippen LogP contribution in [0.2, 0.25) is 0 Å². The van der Waals surface area contributed by atoms with E-state index in [9.17, 15) is 9.59 Å². The number of aromatic amines is 1. The van der Waals surface area contributed by atoms with Crippen LogP contribution in [0.4, 0.5) is 0 Å². The first-order valence-electron chi connectivity index (χ1n) is 8.16. The number of piperidine rings is 1. The van der Waals surface area contributed by atoms with Crippen molar-refractivity contribution in [3.8, 4) is 0 Å². The smallest absolute Gasteiger partial charge is 0.269 e. The summed E-state index contributed by atoms with van der Waals surface area (Å²) in [5, 5.41) is 6.80. The quantitative estimate of drug-likeness (QED) is 0.862. The molecule has 7 nitrogen and oxygen atoms in total. The number of hydrogen-bond acceptors (Lipinski definition) is 4. The molecule has 0 bridgehead atoms. The number of aromatic nitrogens is 3. The molecule has 1 saturated heterocycles. The first-order chi connectivity index (χ1) is 11.6. The van der Waals surface area contributed by atoms with E-state index in [1.54, 1.807) is 12.3 Å². The van der Waals surface area contributed by atoms with Crippen LogP contribution in [-0.4, -0.2) is 45.0 Å². The van der Waals surface area contributed by atoms with Gasteiger partial charge in [-0.1, -0.05) is 6.07 Å². The van der Waals surface area contributed by atoms with Crippen molar-refractivity contribution in [3.63, 3.8) is 0 Å². The lowest BCUT2D eigenvalue weighted by Crippen LogP contribution is -2.39. The monoisotopic (exact) mass is 327 g/mol. The Morgan fingerprint density at radius 2 is 2.25 bits per heavy atom. The Labute approximate surface area is 140 Å². The zero-order chi connectivity index (χ0) is 16.9. The number of amides is 2. The van der Waals surface area contributed by atoms with E-state index < -0.39 is 5.91 Å². The zero-order valence-electron chi connectivity index (χ0n) is 13.4. The Bertz CT molecular complexity index is 713. The molecule has 7 heteroatoms. The third-order valence-electron chi connectivity index (χ3n) is 4.39. The number of rotatable bonds is 5. The fourth-order valence-electron chi connectivity index (χ4n) is 3.07. The Morgan fingerprint density at radius 3 is 2.96 bits per heavy atom. The number of H-pyrrole nitrogens is 1. The summed E-state index contributed by atoms with van der Waals surface area (Å²) in [7, 11) is 0. The second kappa shape index (κ2) is 7.25. The summed E-state index contributed by atoms with van der Waals surface area (Å²) < 4.78 is 0. The standard InChI is InChI=1S/C17H21N5O2/c18-17(24)15-10-14(20-21-15)12-4-3-9-22(11-12)16(23)7-6-13-5-1-2-8-19-13/h1-2,5,8,10,12H,3-4,6-7,9,11H2,(H2,18,24)(H,20,21). The third-order valence-corrected chi connectivity index (χ3v) is 4.39. The summed E-state index contributed by atoms with van der Waals surface area (Å²) in [6, 6.07) is 7.42. The number of nitrogens with two attached hydrogens (primary N) is 1. The lowest BCUT2D eigenvalue weighted by atomic mass is 9.94. The van der Waals surface area contributed by atoms with Crippen molar-refractivity contribution in [2.75, 3.05) is 13.1 Å². The van der Waals surface area contributed by atoms with E-state index >= 15 is 0 Å². The SMILES string of the molecule is NC(=O)c1cc(C2CCCN(C(=O)CCc3ccccn3)C2)[nH]n1.